The maximum Gasteiger partial charge on any atom is 0.0693 e. The maximum atomic E-state index is 8.84. The van der Waals surface area contributed by atoms with Gasteiger partial charge in [0, 0.05) is 0 Å². The molecule has 1 aliphatic rings. The van der Waals surface area contributed by atoms with Gasteiger partial charge in [0.1, 0.15) is 0 Å². The van der Waals surface area contributed by atoms with Crippen molar-refractivity contribution in [3.05, 3.63) is 12.2 Å². The molecule has 0 saturated carbocycles. The second kappa shape index (κ2) is 2.46. The summed E-state index contributed by atoms with van der Waals surface area (Å²) in [6.45, 7) is 4.15. The predicted octanol–water partition coefficient (Wildman–Crippen LogP) is 2.50. The van der Waals surface area contributed by atoms with Crippen molar-refractivity contribution in [3.63, 3.8) is 0 Å². The molecule has 0 spiro atoms. The number of nitrogens with zero attached hydrogens (tertiary/aromatic N) is 1. The van der Waals surface area contributed by atoms with Crippen LogP contribution in [0.15, 0.2) is 12.2 Å². The molecule has 1 aliphatic carbocycles. The topological polar surface area (TPSA) is 23.8 Å². The van der Waals surface area contributed by atoms with Crippen molar-refractivity contribution in [2.75, 3.05) is 0 Å². The van der Waals surface area contributed by atoms with Crippen molar-refractivity contribution in [1.82, 2.24) is 0 Å². The molecule has 0 aliphatic heterocycles. The monoisotopic (exact) mass is 135 g/mol. The molecule has 1 heteroatoms. The van der Waals surface area contributed by atoms with Gasteiger partial charge in [-0.3, -0.25) is 0 Å². The molecule has 1 rings (SSSR count). The minimum absolute atomic E-state index is 0.102. The van der Waals surface area contributed by atoms with Crippen LogP contribution in [0.2, 0.25) is 0 Å². The summed E-state index contributed by atoms with van der Waals surface area (Å²) in [5.74, 6) is 0.422. The van der Waals surface area contributed by atoms with Crippen LogP contribution in [0.1, 0.15) is 26.7 Å². The van der Waals surface area contributed by atoms with Gasteiger partial charge in [0.25, 0.3) is 0 Å². The van der Waals surface area contributed by atoms with E-state index in [2.05, 4.69) is 25.1 Å². The van der Waals surface area contributed by atoms with Crippen LogP contribution in [0, 0.1) is 22.7 Å². The van der Waals surface area contributed by atoms with E-state index in [0.717, 1.165) is 12.8 Å². The van der Waals surface area contributed by atoms with Crippen molar-refractivity contribution < 1.29 is 0 Å². The lowest BCUT2D eigenvalue weighted by Gasteiger charge is -2.29. The van der Waals surface area contributed by atoms with Crippen molar-refractivity contribution in [2.24, 2.45) is 11.3 Å². The summed E-state index contributed by atoms with van der Waals surface area (Å²) in [4.78, 5) is 0. The minimum Gasteiger partial charge on any atom is -0.198 e. The molecule has 0 N–H and O–H groups in total. The van der Waals surface area contributed by atoms with Crippen LogP contribution >= 0.6 is 0 Å². The van der Waals surface area contributed by atoms with E-state index in [-0.39, 0.29) is 5.41 Å². The van der Waals surface area contributed by atoms with Gasteiger partial charge in [-0.2, -0.15) is 5.26 Å². The van der Waals surface area contributed by atoms with Crippen LogP contribution in [-0.2, 0) is 0 Å². The fraction of sp³-hybridized carbons (Fsp3) is 0.667. The van der Waals surface area contributed by atoms with Crippen molar-refractivity contribution in [2.45, 2.75) is 26.7 Å². The third kappa shape index (κ3) is 1.07. The molecule has 0 aromatic rings. The third-order valence-electron chi connectivity index (χ3n) is 2.52. The van der Waals surface area contributed by atoms with E-state index in [1.807, 2.05) is 6.92 Å². The Kier molecular flexibility index (Phi) is 1.80. The second-order valence-corrected chi connectivity index (χ2v) is 3.28. The van der Waals surface area contributed by atoms with Gasteiger partial charge in [0.15, 0.2) is 0 Å². The zero-order valence-electron chi connectivity index (χ0n) is 6.59. The molecule has 54 valence electrons. The quantitative estimate of drug-likeness (QED) is 0.468. The number of rotatable bonds is 0. The van der Waals surface area contributed by atoms with Crippen LogP contribution in [0.25, 0.3) is 0 Å². The third-order valence-corrected chi connectivity index (χ3v) is 2.52. The summed E-state index contributed by atoms with van der Waals surface area (Å²) in [6.07, 6.45) is 6.39. The summed E-state index contributed by atoms with van der Waals surface area (Å²) in [7, 11) is 0. The van der Waals surface area contributed by atoms with Gasteiger partial charge in [-0.15, -0.1) is 0 Å². The number of nitriles is 1. The van der Waals surface area contributed by atoms with Crippen LogP contribution < -0.4 is 0 Å². The Labute approximate surface area is 62.4 Å². The molecular formula is C9H13N. The molecule has 0 fully saturated rings. The Morgan fingerprint density at radius 1 is 1.70 bits per heavy atom. The second-order valence-electron chi connectivity index (χ2n) is 3.28. The van der Waals surface area contributed by atoms with E-state index >= 15 is 0 Å². The molecule has 0 aromatic carbocycles. The van der Waals surface area contributed by atoms with Gasteiger partial charge in [-0.05, 0) is 25.7 Å². The molecule has 2 unspecified atom stereocenters. The fourth-order valence-corrected chi connectivity index (χ4v) is 1.28. The highest BCUT2D eigenvalue weighted by molar-refractivity contribution is 5.09. The predicted molar refractivity (Wildman–Crippen MR) is 41.3 cm³/mol. The van der Waals surface area contributed by atoms with Gasteiger partial charge in [-0.1, -0.05) is 19.1 Å². The zero-order chi connectivity index (χ0) is 7.61. The van der Waals surface area contributed by atoms with Crippen molar-refractivity contribution in [1.29, 1.82) is 5.26 Å². The average Bonchev–Trinajstić information content (AvgIpc) is 1.96. The Balaban J connectivity index is 2.80. The Morgan fingerprint density at radius 3 is 2.80 bits per heavy atom. The molecule has 0 heterocycles. The van der Waals surface area contributed by atoms with Gasteiger partial charge in [0.05, 0.1) is 11.5 Å². The lowest BCUT2D eigenvalue weighted by atomic mass is 9.73. The fourth-order valence-electron chi connectivity index (χ4n) is 1.28. The van der Waals surface area contributed by atoms with Gasteiger partial charge in [0.2, 0.25) is 0 Å². The standard InChI is InChI=1S/C9H13N/c1-8-5-3-4-6-9(8,2)7-10/h3,5,8H,4,6H2,1-2H3. The van der Waals surface area contributed by atoms with Gasteiger partial charge < -0.3 is 0 Å². The van der Waals surface area contributed by atoms with E-state index in [1.165, 1.54) is 0 Å². The first-order valence-electron chi connectivity index (χ1n) is 3.77. The summed E-state index contributed by atoms with van der Waals surface area (Å²) >= 11 is 0. The molecule has 0 aromatic heterocycles. The van der Waals surface area contributed by atoms with Crippen LogP contribution in [0.3, 0.4) is 0 Å². The lowest BCUT2D eigenvalue weighted by Crippen LogP contribution is -2.24. The smallest absolute Gasteiger partial charge is 0.0693 e. The number of hydrogen-bond donors (Lipinski definition) is 0. The highest BCUT2D eigenvalue weighted by Gasteiger charge is 2.30. The highest BCUT2D eigenvalue weighted by atomic mass is 14.4. The first-order chi connectivity index (χ1) is 4.69. The Hall–Kier alpha value is -0.770. The first-order valence-corrected chi connectivity index (χ1v) is 3.77. The SMILES string of the molecule is CC1C=CCCC1(C)C#N. The van der Waals surface area contributed by atoms with E-state index in [4.69, 9.17) is 5.26 Å². The summed E-state index contributed by atoms with van der Waals surface area (Å²) in [5.41, 5.74) is -0.102. The van der Waals surface area contributed by atoms with Crippen molar-refractivity contribution >= 4 is 0 Å². The summed E-state index contributed by atoms with van der Waals surface area (Å²) < 4.78 is 0. The van der Waals surface area contributed by atoms with Gasteiger partial charge in [-0.25, -0.2) is 0 Å². The van der Waals surface area contributed by atoms with E-state index in [1.54, 1.807) is 0 Å². The molecule has 2 atom stereocenters. The Bertz CT molecular complexity index is 187. The number of hydrogen-bond acceptors (Lipinski definition) is 1. The molecule has 0 amide bonds. The van der Waals surface area contributed by atoms with Gasteiger partial charge >= 0.3 is 0 Å². The molecular weight excluding hydrogens is 122 g/mol. The summed E-state index contributed by atoms with van der Waals surface area (Å²) in [5, 5.41) is 8.84. The summed E-state index contributed by atoms with van der Waals surface area (Å²) in [6, 6.07) is 2.38. The van der Waals surface area contributed by atoms with E-state index < -0.39 is 0 Å². The molecule has 1 nitrogen and oxygen atoms in total. The minimum atomic E-state index is -0.102. The lowest BCUT2D eigenvalue weighted by molar-refractivity contribution is 0.304. The number of allylic oxidation sites excluding steroid dienone is 2. The van der Waals surface area contributed by atoms with Crippen LogP contribution in [-0.4, -0.2) is 0 Å². The van der Waals surface area contributed by atoms with E-state index in [0.29, 0.717) is 5.92 Å². The maximum absolute atomic E-state index is 8.84. The first kappa shape index (κ1) is 7.34. The molecule has 10 heavy (non-hydrogen) atoms. The van der Waals surface area contributed by atoms with Crippen LogP contribution in [0.5, 0.6) is 0 Å². The molecule has 0 bridgehead atoms. The Morgan fingerprint density at radius 2 is 2.40 bits per heavy atom. The zero-order valence-corrected chi connectivity index (χ0v) is 6.59. The largest absolute Gasteiger partial charge is 0.198 e. The van der Waals surface area contributed by atoms with E-state index in [9.17, 15) is 0 Å². The molecule has 0 radical (unpaired) electrons. The molecule has 0 saturated heterocycles. The van der Waals surface area contributed by atoms with Crippen LogP contribution in [0.4, 0.5) is 0 Å². The van der Waals surface area contributed by atoms with Crippen molar-refractivity contribution in [3.8, 4) is 6.07 Å². The normalized spacial score (nSPS) is 39.1. The highest BCUT2D eigenvalue weighted by Crippen LogP contribution is 2.35. The average molecular weight is 135 g/mol.